The fourth-order valence-corrected chi connectivity index (χ4v) is 2.58. The van der Waals surface area contributed by atoms with Gasteiger partial charge in [-0.1, -0.05) is 20.8 Å². The van der Waals surface area contributed by atoms with Gasteiger partial charge in [0.05, 0.1) is 11.7 Å². The standard InChI is InChI=1S/C14H22N2O2S/c1-8(13(17)18)12-9(2)15-11(16-10(12)3)7-19-14(4,5)6/h8H,7H2,1-6H3,(H,17,18). The lowest BCUT2D eigenvalue weighted by Crippen LogP contribution is -2.15. The van der Waals surface area contributed by atoms with Crippen LogP contribution < -0.4 is 0 Å². The van der Waals surface area contributed by atoms with E-state index in [0.717, 1.165) is 28.5 Å². The summed E-state index contributed by atoms with van der Waals surface area (Å²) in [7, 11) is 0. The van der Waals surface area contributed by atoms with Crippen LogP contribution in [0, 0.1) is 13.8 Å². The number of nitrogens with zero attached hydrogens (tertiary/aromatic N) is 2. The van der Waals surface area contributed by atoms with E-state index < -0.39 is 11.9 Å². The third-order valence-electron chi connectivity index (χ3n) is 2.81. The van der Waals surface area contributed by atoms with Gasteiger partial charge in [0.1, 0.15) is 5.82 Å². The fraction of sp³-hybridized carbons (Fsp3) is 0.643. The van der Waals surface area contributed by atoms with Gasteiger partial charge in [0.25, 0.3) is 0 Å². The summed E-state index contributed by atoms with van der Waals surface area (Å²) < 4.78 is 0.165. The quantitative estimate of drug-likeness (QED) is 0.918. The highest BCUT2D eigenvalue weighted by Gasteiger charge is 2.21. The molecule has 5 heteroatoms. The second kappa shape index (κ2) is 5.90. The number of carboxylic acid groups (broad SMARTS) is 1. The van der Waals surface area contributed by atoms with E-state index in [2.05, 4.69) is 30.7 Å². The van der Waals surface area contributed by atoms with Crippen LogP contribution in [0.1, 0.15) is 56.4 Å². The van der Waals surface area contributed by atoms with E-state index in [1.807, 2.05) is 13.8 Å². The largest absolute Gasteiger partial charge is 0.481 e. The van der Waals surface area contributed by atoms with Crippen molar-refractivity contribution in [2.75, 3.05) is 0 Å². The number of thioether (sulfide) groups is 1. The van der Waals surface area contributed by atoms with Gasteiger partial charge in [0, 0.05) is 21.7 Å². The molecule has 0 aliphatic heterocycles. The minimum atomic E-state index is -0.841. The Kier molecular flexibility index (Phi) is 4.96. The third-order valence-corrected chi connectivity index (χ3v) is 4.08. The Hall–Kier alpha value is -1.10. The van der Waals surface area contributed by atoms with Crippen molar-refractivity contribution in [2.24, 2.45) is 0 Å². The van der Waals surface area contributed by atoms with Crippen LogP contribution in [-0.4, -0.2) is 25.8 Å². The number of carboxylic acids is 1. The van der Waals surface area contributed by atoms with E-state index in [0.29, 0.717) is 0 Å². The van der Waals surface area contributed by atoms with E-state index in [9.17, 15) is 4.79 Å². The zero-order chi connectivity index (χ0) is 14.8. The fourth-order valence-electron chi connectivity index (χ4n) is 1.89. The van der Waals surface area contributed by atoms with Crippen molar-refractivity contribution < 1.29 is 9.90 Å². The van der Waals surface area contributed by atoms with E-state index in [-0.39, 0.29) is 4.75 Å². The molecule has 1 aromatic rings. The lowest BCUT2D eigenvalue weighted by atomic mass is 9.98. The summed E-state index contributed by atoms with van der Waals surface area (Å²) in [6.07, 6.45) is 0. The molecule has 0 radical (unpaired) electrons. The molecule has 0 saturated carbocycles. The average molecular weight is 282 g/mol. The smallest absolute Gasteiger partial charge is 0.310 e. The molecular formula is C14H22N2O2S. The molecule has 4 nitrogen and oxygen atoms in total. The van der Waals surface area contributed by atoms with Gasteiger partial charge in [-0.05, 0) is 20.8 Å². The predicted molar refractivity (Wildman–Crippen MR) is 78.6 cm³/mol. The number of hydrogen-bond acceptors (Lipinski definition) is 4. The van der Waals surface area contributed by atoms with Crippen LogP contribution in [0.15, 0.2) is 0 Å². The molecule has 1 heterocycles. The zero-order valence-electron chi connectivity index (χ0n) is 12.4. The van der Waals surface area contributed by atoms with E-state index in [4.69, 9.17) is 5.11 Å². The maximum Gasteiger partial charge on any atom is 0.310 e. The zero-order valence-corrected chi connectivity index (χ0v) is 13.3. The summed E-state index contributed by atoms with van der Waals surface area (Å²) in [6, 6.07) is 0. The molecule has 1 N–H and O–H groups in total. The van der Waals surface area contributed by atoms with E-state index in [1.165, 1.54) is 0 Å². The molecule has 0 aliphatic carbocycles. The lowest BCUT2D eigenvalue weighted by molar-refractivity contribution is -0.138. The highest BCUT2D eigenvalue weighted by molar-refractivity contribution is 7.99. The molecule has 1 atom stereocenters. The molecule has 106 valence electrons. The first-order valence-electron chi connectivity index (χ1n) is 6.32. The molecule has 0 amide bonds. The van der Waals surface area contributed by atoms with Crippen LogP contribution >= 0.6 is 11.8 Å². The Morgan fingerprint density at radius 2 is 1.74 bits per heavy atom. The number of aromatic nitrogens is 2. The first-order valence-corrected chi connectivity index (χ1v) is 7.31. The van der Waals surface area contributed by atoms with Crippen LogP contribution in [0.4, 0.5) is 0 Å². The molecule has 0 saturated heterocycles. The number of aryl methyl sites for hydroxylation is 2. The Bertz CT molecular complexity index is 458. The molecule has 0 bridgehead atoms. The maximum atomic E-state index is 11.1. The highest BCUT2D eigenvalue weighted by atomic mass is 32.2. The molecule has 1 aromatic heterocycles. The van der Waals surface area contributed by atoms with Gasteiger partial charge in [-0.15, -0.1) is 11.8 Å². The monoisotopic (exact) mass is 282 g/mol. The predicted octanol–water partition coefficient (Wildman–Crippen LogP) is 3.31. The molecule has 19 heavy (non-hydrogen) atoms. The van der Waals surface area contributed by atoms with Gasteiger partial charge in [-0.2, -0.15) is 0 Å². The van der Waals surface area contributed by atoms with Crippen molar-refractivity contribution in [2.45, 2.75) is 58.0 Å². The number of hydrogen-bond donors (Lipinski definition) is 1. The lowest BCUT2D eigenvalue weighted by Gasteiger charge is -2.18. The van der Waals surface area contributed by atoms with Crippen molar-refractivity contribution in [1.82, 2.24) is 9.97 Å². The summed E-state index contributed by atoms with van der Waals surface area (Å²) in [5, 5.41) is 9.10. The number of rotatable bonds is 4. The average Bonchev–Trinajstić information content (AvgIpc) is 2.24. The minimum Gasteiger partial charge on any atom is -0.481 e. The van der Waals surface area contributed by atoms with Gasteiger partial charge in [0.15, 0.2) is 0 Å². The Morgan fingerprint density at radius 1 is 1.26 bits per heavy atom. The molecule has 0 spiro atoms. The number of carbonyl (C=O) groups is 1. The SMILES string of the molecule is Cc1nc(CSC(C)(C)C)nc(C)c1C(C)C(=O)O. The Labute approximate surface area is 119 Å². The molecule has 0 fully saturated rings. The summed E-state index contributed by atoms with van der Waals surface area (Å²) in [4.78, 5) is 20.0. The molecular weight excluding hydrogens is 260 g/mol. The first-order chi connectivity index (χ1) is 8.61. The van der Waals surface area contributed by atoms with Crippen molar-refractivity contribution in [3.8, 4) is 0 Å². The topological polar surface area (TPSA) is 63.1 Å². The van der Waals surface area contributed by atoms with Crippen molar-refractivity contribution in [3.63, 3.8) is 0 Å². The second-order valence-corrected chi connectivity index (χ2v) is 7.49. The van der Waals surface area contributed by atoms with Crippen molar-refractivity contribution >= 4 is 17.7 Å². The molecule has 0 aromatic carbocycles. The van der Waals surface area contributed by atoms with Crippen LogP contribution in [0.25, 0.3) is 0 Å². The van der Waals surface area contributed by atoms with Gasteiger partial charge in [-0.25, -0.2) is 9.97 Å². The van der Waals surface area contributed by atoms with Crippen molar-refractivity contribution in [3.05, 3.63) is 22.8 Å². The first kappa shape index (κ1) is 16.0. The highest BCUT2D eigenvalue weighted by Crippen LogP contribution is 2.27. The minimum absolute atomic E-state index is 0.165. The maximum absolute atomic E-state index is 11.1. The second-order valence-electron chi connectivity index (χ2n) is 5.69. The van der Waals surface area contributed by atoms with Crippen LogP contribution in [-0.2, 0) is 10.5 Å². The third kappa shape index (κ3) is 4.49. The van der Waals surface area contributed by atoms with E-state index >= 15 is 0 Å². The van der Waals surface area contributed by atoms with Crippen LogP contribution in [0.3, 0.4) is 0 Å². The van der Waals surface area contributed by atoms with E-state index in [1.54, 1.807) is 18.7 Å². The van der Waals surface area contributed by atoms with Crippen LogP contribution in [0.5, 0.6) is 0 Å². The molecule has 0 aliphatic rings. The summed E-state index contributed by atoms with van der Waals surface area (Å²) in [6.45, 7) is 11.8. The summed E-state index contributed by atoms with van der Waals surface area (Å²) in [5.74, 6) is 0.111. The van der Waals surface area contributed by atoms with Gasteiger partial charge in [0.2, 0.25) is 0 Å². The van der Waals surface area contributed by atoms with Gasteiger partial charge in [-0.3, -0.25) is 4.79 Å². The molecule has 1 rings (SSSR count). The van der Waals surface area contributed by atoms with Crippen molar-refractivity contribution in [1.29, 1.82) is 0 Å². The Morgan fingerprint density at radius 3 is 2.11 bits per heavy atom. The van der Waals surface area contributed by atoms with Crippen LogP contribution in [0.2, 0.25) is 0 Å². The molecule has 1 unspecified atom stereocenters. The van der Waals surface area contributed by atoms with Gasteiger partial charge >= 0.3 is 5.97 Å². The number of aliphatic carboxylic acids is 1. The summed E-state index contributed by atoms with van der Waals surface area (Å²) >= 11 is 1.78. The normalized spacial score (nSPS) is 13.4. The Balaban J connectivity index is 3.00. The summed E-state index contributed by atoms with van der Waals surface area (Å²) in [5.41, 5.74) is 2.27. The van der Waals surface area contributed by atoms with Gasteiger partial charge < -0.3 is 5.11 Å².